The number of nitrogens with one attached hydrogen (secondary N) is 1. The molecule has 17 heavy (non-hydrogen) atoms. The third kappa shape index (κ3) is 3.35. The fourth-order valence-electron chi connectivity index (χ4n) is 1.51. The molecule has 1 aromatic carbocycles. The molecule has 0 aliphatic carbocycles. The number of rotatable bonds is 5. The molecular formula is C11H14ClN5. The van der Waals surface area contributed by atoms with Gasteiger partial charge >= 0.3 is 0 Å². The lowest BCUT2D eigenvalue weighted by molar-refractivity contribution is 0.570. The van der Waals surface area contributed by atoms with E-state index in [9.17, 15) is 0 Å². The summed E-state index contributed by atoms with van der Waals surface area (Å²) in [7, 11) is 0. The summed E-state index contributed by atoms with van der Waals surface area (Å²) in [5, 5.41) is 11.5. The summed E-state index contributed by atoms with van der Waals surface area (Å²) in [5.74, 6) is 0. The Kier molecular flexibility index (Phi) is 3.82. The molecule has 0 amide bonds. The molecule has 0 unspecified atom stereocenters. The van der Waals surface area contributed by atoms with Crippen LogP contribution in [0.1, 0.15) is 6.42 Å². The average molecular weight is 252 g/mol. The van der Waals surface area contributed by atoms with Crippen molar-refractivity contribution < 1.29 is 0 Å². The first-order valence-electron chi connectivity index (χ1n) is 5.39. The van der Waals surface area contributed by atoms with E-state index in [1.54, 1.807) is 16.9 Å². The predicted octanol–water partition coefficient (Wildman–Crippen LogP) is 2.02. The summed E-state index contributed by atoms with van der Waals surface area (Å²) in [5.41, 5.74) is 7.40. The Morgan fingerprint density at radius 3 is 3.00 bits per heavy atom. The van der Waals surface area contributed by atoms with E-state index in [2.05, 4.69) is 15.6 Å². The molecule has 0 aliphatic heterocycles. The van der Waals surface area contributed by atoms with Crippen molar-refractivity contribution in [3.8, 4) is 0 Å². The van der Waals surface area contributed by atoms with Gasteiger partial charge in [-0.3, -0.25) is 4.68 Å². The third-order valence-corrected chi connectivity index (χ3v) is 2.60. The standard InChI is InChI=1S/C11H14ClN5/c12-9-2-3-11(10(13)8-9)14-4-1-6-17-7-5-15-16-17/h2-3,5,7-8,14H,1,4,6,13H2. The van der Waals surface area contributed by atoms with Crippen molar-refractivity contribution in [2.24, 2.45) is 0 Å². The number of aromatic nitrogens is 3. The molecule has 0 saturated carbocycles. The molecule has 1 heterocycles. The van der Waals surface area contributed by atoms with Gasteiger partial charge in [-0.15, -0.1) is 5.10 Å². The van der Waals surface area contributed by atoms with Crippen molar-refractivity contribution in [3.05, 3.63) is 35.6 Å². The molecule has 3 N–H and O–H groups in total. The van der Waals surface area contributed by atoms with Gasteiger partial charge in [-0.25, -0.2) is 0 Å². The van der Waals surface area contributed by atoms with Crippen molar-refractivity contribution >= 4 is 23.0 Å². The van der Waals surface area contributed by atoms with Gasteiger partial charge in [-0.1, -0.05) is 16.8 Å². The van der Waals surface area contributed by atoms with Crippen LogP contribution >= 0.6 is 11.6 Å². The number of halogens is 1. The number of nitrogen functional groups attached to an aromatic ring is 1. The SMILES string of the molecule is Nc1cc(Cl)ccc1NCCCn1ccnn1. The maximum Gasteiger partial charge on any atom is 0.0692 e. The maximum atomic E-state index is 5.82. The molecule has 0 aliphatic rings. The van der Waals surface area contributed by atoms with Gasteiger partial charge in [0, 0.05) is 24.3 Å². The highest BCUT2D eigenvalue weighted by molar-refractivity contribution is 6.31. The van der Waals surface area contributed by atoms with E-state index >= 15 is 0 Å². The smallest absolute Gasteiger partial charge is 0.0692 e. The number of nitrogens with zero attached hydrogens (tertiary/aromatic N) is 3. The van der Waals surface area contributed by atoms with Crippen LogP contribution in [0, 0.1) is 0 Å². The van der Waals surface area contributed by atoms with E-state index in [1.807, 2.05) is 18.3 Å². The number of anilines is 2. The van der Waals surface area contributed by atoms with Gasteiger partial charge in [0.15, 0.2) is 0 Å². The largest absolute Gasteiger partial charge is 0.397 e. The minimum atomic E-state index is 0.649. The molecule has 2 rings (SSSR count). The van der Waals surface area contributed by atoms with Crippen LogP contribution in [0.5, 0.6) is 0 Å². The van der Waals surface area contributed by atoms with Gasteiger partial charge < -0.3 is 11.1 Å². The van der Waals surface area contributed by atoms with Crippen molar-refractivity contribution in [3.63, 3.8) is 0 Å². The highest BCUT2D eigenvalue weighted by Gasteiger charge is 1.99. The van der Waals surface area contributed by atoms with Crippen molar-refractivity contribution in [1.82, 2.24) is 15.0 Å². The molecule has 90 valence electrons. The van der Waals surface area contributed by atoms with Gasteiger partial charge in [-0.2, -0.15) is 0 Å². The maximum absolute atomic E-state index is 5.82. The second-order valence-corrected chi connectivity index (χ2v) is 4.11. The first-order chi connectivity index (χ1) is 8.25. The highest BCUT2D eigenvalue weighted by atomic mass is 35.5. The minimum absolute atomic E-state index is 0.649. The van der Waals surface area contributed by atoms with Gasteiger partial charge in [-0.05, 0) is 24.6 Å². The summed E-state index contributed by atoms with van der Waals surface area (Å²) in [6.07, 6.45) is 4.46. The molecule has 0 atom stereocenters. The Labute approximate surface area is 105 Å². The monoisotopic (exact) mass is 251 g/mol. The lowest BCUT2D eigenvalue weighted by Gasteiger charge is -2.09. The Bertz CT molecular complexity index is 469. The third-order valence-electron chi connectivity index (χ3n) is 2.36. The molecule has 0 bridgehead atoms. The van der Waals surface area contributed by atoms with Gasteiger partial charge in [0.2, 0.25) is 0 Å². The van der Waals surface area contributed by atoms with Gasteiger partial charge in [0.25, 0.3) is 0 Å². The average Bonchev–Trinajstić information content (AvgIpc) is 2.79. The first kappa shape index (κ1) is 11.7. The lowest BCUT2D eigenvalue weighted by atomic mass is 10.2. The number of hydrogen-bond donors (Lipinski definition) is 2. The second-order valence-electron chi connectivity index (χ2n) is 3.68. The molecule has 5 nitrogen and oxygen atoms in total. The summed E-state index contributed by atoms with van der Waals surface area (Å²) in [6, 6.07) is 5.44. The van der Waals surface area contributed by atoms with Crippen LogP contribution in [0.2, 0.25) is 5.02 Å². The minimum Gasteiger partial charge on any atom is -0.397 e. The van der Waals surface area contributed by atoms with E-state index < -0.39 is 0 Å². The molecule has 0 radical (unpaired) electrons. The van der Waals surface area contributed by atoms with Crippen LogP contribution < -0.4 is 11.1 Å². The molecule has 1 aromatic heterocycles. The van der Waals surface area contributed by atoms with Crippen LogP contribution in [0.15, 0.2) is 30.6 Å². The lowest BCUT2D eigenvalue weighted by Crippen LogP contribution is -2.08. The Balaban J connectivity index is 1.78. The van der Waals surface area contributed by atoms with Crippen LogP contribution in [-0.2, 0) is 6.54 Å². The molecule has 6 heteroatoms. The van der Waals surface area contributed by atoms with Crippen LogP contribution in [0.4, 0.5) is 11.4 Å². The Morgan fingerprint density at radius 1 is 1.41 bits per heavy atom. The van der Waals surface area contributed by atoms with E-state index in [-0.39, 0.29) is 0 Å². The topological polar surface area (TPSA) is 68.8 Å². The van der Waals surface area contributed by atoms with Crippen LogP contribution in [0.25, 0.3) is 0 Å². The quantitative estimate of drug-likeness (QED) is 0.630. The van der Waals surface area contributed by atoms with Crippen molar-refractivity contribution in [1.29, 1.82) is 0 Å². The zero-order valence-electron chi connectivity index (χ0n) is 9.31. The fourth-order valence-corrected chi connectivity index (χ4v) is 1.69. The summed E-state index contributed by atoms with van der Waals surface area (Å²) in [6.45, 7) is 1.66. The first-order valence-corrected chi connectivity index (χ1v) is 5.76. The van der Waals surface area contributed by atoms with E-state index in [0.717, 1.165) is 25.2 Å². The number of benzene rings is 1. The molecule has 0 spiro atoms. The van der Waals surface area contributed by atoms with E-state index in [0.29, 0.717) is 10.7 Å². The van der Waals surface area contributed by atoms with Gasteiger partial charge in [0.05, 0.1) is 17.6 Å². The summed E-state index contributed by atoms with van der Waals surface area (Å²) in [4.78, 5) is 0. The molecular weight excluding hydrogens is 238 g/mol. The van der Waals surface area contributed by atoms with E-state index in [1.165, 1.54) is 0 Å². The fraction of sp³-hybridized carbons (Fsp3) is 0.273. The normalized spacial score (nSPS) is 10.4. The zero-order chi connectivity index (χ0) is 12.1. The number of aryl methyl sites for hydroxylation is 1. The second kappa shape index (κ2) is 5.54. The van der Waals surface area contributed by atoms with E-state index in [4.69, 9.17) is 17.3 Å². The van der Waals surface area contributed by atoms with Crippen LogP contribution in [-0.4, -0.2) is 21.5 Å². The Morgan fingerprint density at radius 2 is 2.29 bits per heavy atom. The van der Waals surface area contributed by atoms with Gasteiger partial charge in [0.1, 0.15) is 0 Å². The van der Waals surface area contributed by atoms with Crippen LogP contribution in [0.3, 0.4) is 0 Å². The summed E-state index contributed by atoms with van der Waals surface area (Å²) >= 11 is 5.82. The Hall–Kier alpha value is -1.75. The van der Waals surface area contributed by atoms with Crippen molar-refractivity contribution in [2.45, 2.75) is 13.0 Å². The molecule has 2 aromatic rings. The predicted molar refractivity (Wildman–Crippen MR) is 69.0 cm³/mol. The number of hydrogen-bond acceptors (Lipinski definition) is 4. The highest BCUT2D eigenvalue weighted by Crippen LogP contribution is 2.22. The van der Waals surface area contributed by atoms with Crippen molar-refractivity contribution in [2.75, 3.05) is 17.6 Å². The number of nitrogens with two attached hydrogens (primary N) is 1. The summed E-state index contributed by atoms with van der Waals surface area (Å²) < 4.78 is 1.80. The molecule has 0 saturated heterocycles. The zero-order valence-corrected chi connectivity index (χ0v) is 10.1. The molecule has 0 fully saturated rings.